The smallest absolute Gasteiger partial charge is 0.221 e. The van der Waals surface area contributed by atoms with Crippen LogP contribution in [0.5, 0.6) is 11.5 Å². The van der Waals surface area contributed by atoms with Gasteiger partial charge in [0.15, 0.2) is 0 Å². The molecule has 0 unspecified atom stereocenters. The van der Waals surface area contributed by atoms with Crippen molar-refractivity contribution in [1.29, 1.82) is 0 Å². The maximum Gasteiger partial charge on any atom is 0.221 e. The van der Waals surface area contributed by atoms with Gasteiger partial charge in [-0.05, 0) is 47.4 Å². The zero-order valence-corrected chi connectivity index (χ0v) is 18.7. The Morgan fingerprint density at radius 3 is 2.44 bits per heavy atom. The highest BCUT2D eigenvalue weighted by molar-refractivity contribution is 7.89. The minimum Gasteiger partial charge on any atom is -0.457 e. The summed E-state index contributed by atoms with van der Waals surface area (Å²) in [6.07, 6.45) is 0.726. The van der Waals surface area contributed by atoms with E-state index in [0.717, 1.165) is 23.3 Å². The van der Waals surface area contributed by atoms with Gasteiger partial charge in [-0.15, -0.1) is 0 Å². The molecule has 6 nitrogen and oxygen atoms in total. The van der Waals surface area contributed by atoms with Crippen LogP contribution in [-0.4, -0.2) is 43.2 Å². The molecule has 2 atom stereocenters. The summed E-state index contributed by atoms with van der Waals surface area (Å²) in [5, 5.41) is 0.964. The van der Waals surface area contributed by atoms with Crippen molar-refractivity contribution < 1.29 is 18.0 Å². The molecular weight excluding hydrogens is 424 g/mol. The molecule has 3 aromatic carbocycles. The van der Waals surface area contributed by atoms with Crippen LogP contribution in [0.1, 0.15) is 22.7 Å². The molecule has 0 aliphatic carbocycles. The van der Waals surface area contributed by atoms with Gasteiger partial charge in [-0.25, -0.2) is 8.42 Å². The fourth-order valence-corrected chi connectivity index (χ4v) is 6.47. The summed E-state index contributed by atoms with van der Waals surface area (Å²) in [7, 11) is -1.79. The monoisotopic (exact) mass is 450 g/mol. The number of para-hydroxylation sites is 1. The number of sulfonamides is 1. The summed E-state index contributed by atoms with van der Waals surface area (Å²) in [6, 6.07) is 24.8. The van der Waals surface area contributed by atoms with Crippen LogP contribution in [0.15, 0.2) is 78.9 Å². The van der Waals surface area contributed by atoms with E-state index in [1.165, 1.54) is 5.56 Å². The molecule has 166 valence electrons. The lowest BCUT2D eigenvalue weighted by atomic mass is 10.0. The van der Waals surface area contributed by atoms with Crippen molar-refractivity contribution >= 4 is 10.0 Å². The Bertz CT molecular complexity index is 1200. The molecule has 0 amide bonds. The molecule has 5 rings (SSSR count). The van der Waals surface area contributed by atoms with Crippen LogP contribution in [0.25, 0.3) is 0 Å². The predicted octanol–water partition coefficient (Wildman–Crippen LogP) is 4.15. The van der Waals surface area contributed by atoms with Gasteiger partial charge in [0.2, 0.25) is 10.0 Å². The first-order chi connectivity index (χ1) is 15.5. The molecule has 0 aromatic heterocycles. The number of hydrogen-bond acceptors (Lipinski definition) is 5. The van der Waals surface area contributed by atoms with Crippen LogP contribution in [-0.2, 0) is 27.8 Å². The van der Waals surface area contributed by atoms with Crippen molar-refractivity contribution in [2.75, 3.05) is 20.2 Å². The number of nitrogens with zero attached hydrogens (tertiary/aromatic N) is 2. The van der Waals surface area contributed by atoms with Gasteiger partial charge in [-0.2, -0.15) is 9.37 Å². The Kier molecular flexibility index (Phi) is 5.73. The van der Waals surface area contributed by atoms with Crippen molar-refractivity contribution in [2.45, 2.75) is 24.3 Å². The number of benzene rings is 3. The number of ether oxygens (including phenoxy) is 1. The van der Waals surface area contributed by atoms with Crippen LogP contribution in [0.3, 0.4) is 0 Å². The molecule has 7 heteroatoms. The van der Waals surface area contributed by atoms with Crippen molar-refractivity contribution in [3.05, 3.63) is 95.6 Å². The van der Waals surface area contributed by atoms with Crippen molar-refractivity contribution in [3.63, 3.8) is 0 Å². The number of hydrogen-bond donors (Lipinski definition) is 0. The normalized spacial score (nSPS) is 21.9. The maximum absolute atomic E-state index is 13.7. The molecule has 32 heavy (non-hydrogen) atoms. The zero-order valence-electron chi connectivity index (χ0n) is 17.9. The SMILES string of the molecule is CN1OC[C@H](S(=O)(=O)N2CCc3ccccc3C2)[C@H]1c1cccc(Oc2ccccc2)c1. The third kappa shape index (κ3) is 4.04. The Morgan fingerprint density at radius 1 is 0.906 bits per heavy atom. The number of rotatable bonds is 5. The highest BCUT2D eigenvalue weighted by atomic mass is 32.2. The van der Waals surface area contributed by atoms with Gasteiger partial charge in [0.25, 0.3) is 0 Å². The van der Waals surface area contributed by atoms with Gasteiger partial charge in [-0.3, -0.25) is 4.84 Å². The highest BCUT2D eigenvalue weighted by Gasteiger charge is 2.46. The second kappa shape index (κ2) is 8.67. The molecular formula is C25H26N2O4S. The first-order valence-corrected chi connectivity index (χ1v) is 12.3. The lowest BCUT2D eigenvalue weighted by molar-refractivity contribution is -0.110. The Morgan fingerprint density at radius 2 is 1.62 bits per heavy atom. The average Bonchev–Trinajstić information content (AvgIpc) is 3.22. The van der Waals surface area contributed by atoms with Gasteiger partial charge < -0.3 is 4.74 Å². The van der Waals surface area contributed by atoms with E-state index < -0.39 is 21.3 Å². The van der Waals surface area contributed by atoms with Gasteiger partial charge in [0, 0.05) is 20.1 Å². The van der Waals surface area contributed by atoms with E-state index in [0.29, 0.717) is 18.8 Å². The fraction of sp³-hybridized carbons (Fsp3) is 0.280. The summed E-state index contributed by atoms with van der Waals surface area (Å²) >= 11 is 0. The van der Waals surface area contributed by atoms with Gasteiger partial charge in [-0.1, -0.05) is 54.6 Å². The van der Waals surface area contributed by atoms with Gasteiger partial charge in [0.1, 0.15) is 16.7 Å². The van der Waals surface area contributed by atoms with Crippen molar-refractivity contribution in [3.8, 4) is 11.5 Å². The lowest BCUT2D eigenvalue weighted by Crippen LogP contribution is -2.44. The molecule has 1 fully saturated rings. The lowest BCUT2D eigenvalue weighted by Gasteiger charge is -2.32. The quantitative estimate of drug-likeness (QED) is 0.584. The Balaban J connectivity index is 1.41. The Hall–Kier alpha value is -2.71. The maximum atomic E-state index is 13.7. The van der Waals surface area contributed by atoms with E-state index in [1.54, 1.807) is 16.4 Å². The van der Waals surface area contributed by atoms with E-state index in [9.17, 15) is 8.42 Å². The molecule has 1 saturated heterocycles. The molecule has 0 radical (unpaired) electrons. The second-order valence-corrected chi connectivity index (χ2v) is 10.4. The van der Waals surface area contributed by atoms with Crippen molar-refractivity contribution in [1.82, 2.24) is 9.37 Å². The molecule has 2 aliphatic heterocycles. The van der Waals surface area contributed by atoms with Crippen LogP contribution in [0, 0.1) is 0 Å². The molecule has 0 bridgehead atoms. The molecule has 2 heterocycles. The number of fused-ring (bicyclic) bond motifs is 1. The third-order valence-corrected chi connectivity index (χ3v) is 8.39. The number of hydroxylamine groups is 2. The standard InChI is InChI=1S/C25H26N2O4S/c1-26-25(20-10-7-13-23(16-20)31-22-11-3-2-4-12-22)24(18-30-26)32(28,29)27-15-14-19-8-5-6-9-21(19)17-27/h2-13,16,24-25H,14-15,17-18H2,1H3/t24-,25+/m0/s1. The minimum atomic E-state index is -3.58. The fourth-order valence-electron chi connectivity index (χ4n) is 4.54. The second-order valence-electron chi connectivity index (χ2n) is 8.21. The topological polar surface area (TPSA) is 59.1 Å². The zero-order chi connectivity index (χ0) is 22.1. The van der Waals surface area contributed by atoms with Crippen LogP contribution in [0.4, 0.5) is 0 Å². The van der Waals surface area contributed by atoms with Crippen LogP contribution >= 0.6 is 0 Å². The van der Waals surface area contributed by atoms with E-state index in [1.807, 2.05) is 72.8 Å². The third-order valence-electron chi connectivity index (χ3n) is 6.20. The summed E-state index contributed by atoms with van der Waals surface area (Å²) in [6.45, 7) is 1.03. The van der Waals surface area contributed by atoms with E-state index in [4.69, 9.17) is 9.57 Å². The Labute approximate surface area is 189 Å². The molecule has 0 N–H and O–H groups in total. The summed E-state index contributed by atoms with van der Waals surface area (Å²) in [4.78, 5) is 5.72. The molecule has 0 saturated carbocycles. The van der Waals surface area contributed by atoms with E-state index in [2.05, 4.69) is 6.07 Å². The largest absolute Gasteiger partial charge is 0.457 e. The summed E-state index contributed by atoms with van der Waals surface area (Å²) in [5.74, 6) is 1.40. The minimum absolute atomic E-state index is 0.130. The van der Waals surface area contributed by atoms with Gasteiger partial charge >= 0.3 is 0 Å². The van der Waals surface area contributed by atoms with Crippen LogP contribution in [0.2, 0.25) is 0 Å². The first-order valence-electron chi connectivity index (χ1n) is 10.8. The average molecular weight is 451 g/mol. The molecule has 2 aliphatic rings. The highest BCUT2D eigenvalue weighted by Crippen LogP contribution is 2.37. The predicted molar refractivity (Wildman–Crippen MR) is 123 cm³/mol. The van der Waals surface area contributed by atoms with Crippen molar-refractivity contribution in [2.24, 2.45) is 0 Å². The van der Waals surface area contributed by atoms with E-state index in [-0.39, 0.29) is 6.61 Å². The van der Waals surface area contributed by atoms with Crippen LogP contribution < -0.4 is 4.74 Å². The molecule has 0 spiro atoms. The molecule has 3 aromatic rings. The summed E-state index contributed by atoms with van der Waals surface area (Å²) < 4.78 is 35.0. The first kappa shape index (κ1) is 21.2. The van der Waals surface area contributed by atoms with Gasteiger partial charge in [0.05, 0.1) is 12.6 Å². The summed E-state index contributed by atoms with van der Waals surface area (Å²) in [5.41, 5.74) is 3.15. The van der Waals surface area contributed by atoms with E-state index >= 15 is 0 Å².